The molecule has 1 aromatic carbocycles. The molecule has 0 aliphatic heterocycles. The van der Waals surface area contributed by atoms with Crippen LogP contribution in [0.1, 0.15) is 18.5 Å². The van der Waals surface area contributed by atoms with Gasteiger partial charge in [0.2, 0.25) is 0 Å². The molecule has 4 heterocycles. The third-order valence-electron chi connectivity index (χ3n) is 4.84. The minimum atomic E-state index is -0.393. The summed E-state index contributed by atoms with van der Waals surface area (Å²) in [6, 6.07) is 9.21. The molecule has 4 aromatic heterocycles. The molecule has 5 rings (SSSR count). The summed E-state index contributed by atoms with van der Waals surface area (Å²) in [6.07, 6.45) is 7.64. The zero-order valence-electron chi connectivity index (χ0n) is 15.5. The van der Waals surface area contributed by atoms with Crippen molar-refractivity contribution in [3.05, 3.63) is 73.0 Å². The first-order valence-corrected chi connectivity index (χ1v) is 9.10. The molecule has 0 saturated carbocycles. The second-order valence-corrected chi connectivity index (χ2v) is 6.68. The van der Waals surface area contributed by atoms with Crippen LogP contribution in [-0.2, 0) is 0 Å². The third-order valence-corrected chi connectivity index (χ3v) is 4.84. The van der Waals surface area contributed by atoms with Gasteiger partial charge in [-0.05, 0) is 24.6 Å². The Hall–Kier alpha value is -3.94. The summed E-state index contributed by atoms with van der Waals surface area (Å²) >= 11 is 0. The van der Waals surface area contributed by atoms with E-state index in [4.69, 9.17) is 0 Å². The van der Waals surface area contributed by atoms with Gasteiger partial charge in [0, 0.05) is 28.9 Å². The first kappa shape index (κ1) is 17.2. The predicted octanol–water partition coefficient (Wildman–Crippen LogP) is 4.28. The quantitative estimate of drug-likeness (QED) is 0.480. The Morgan fingerprint density at radius 2 is 1.97 bits per heavy atom. The molecule has 0 fully saturated rings. The number of aromatic nitrogens is 6. The summed E-state index contributed by atoms with van der Waals surface area (Å²) in [4.78, 5) is 24.4. The highest BCUT2D eigenvalue weighted by molar-refractivity contribution is 5.95. The first-order chi connectivity index (χ1) is 14.2. The Morgan fingerprint density at radius 1 is 1.03 bits per heavy atom. The van der Waals surface area contributed by atoms with Gasteiger partial charge in [-0.1, -0.05) is 18.2 Å². The van der Waals surface area contributed by atoms with Crippen LogP contribution in [0.25, 0.3) is 33.2 Å². The van der Waals surface area contributed by atoms with E-state index < -0.39 is 5.82 Å². The summed E-state index contributed by atoms with van der Waals surface area (Å²) in [5.74, 6) is 0.226. The second-order valence-electron chi connectivity index (χ2n) is 6.68. The van der Waals surface area contributed by atoms with Crippen molar-refractivity contribution in [1.82, 2.24) is 29.9 Å². The fourth-order valence-corrected chi connectivity index (χ4v) is 3.53. The third kappa shape index (κ3) is 3.04. The van der Waals surface area contributed by atoms with Gasteiger partial charge in [0.1, 0.15) is 17.7 Å². The largest absolute Gasteiger partial charge is 0.362 e. The van der Waals surface area contributed by atoms with E-state index in [-0.39, 0.29) is 6.04 Å². The lowest BCUT2D eigenvalue weighted by molar-refractivity contribution is 0.622. The van der Waals surface area contributed by atoms with E-state index >= 15 is 0 Å². The zero-order chi connectivity index (χ0) is 19.8. The zero-order valence-corrected chi connectivity index (χ0v) is 15.5. The second kappa shape index (κ2) is 6.90. The van der Waals surface area contributed by atoms with Crippen molar-refractivity contribution in [3.63, 3.8) is 0 Å². The maximum absolute atomic E-state index is 13.9. The highest BCUT2D eigenvalue weighted by Gasteiger charge is 2.18. The molecule has 0 spiro atoms. The molecule has 2 N–H and O–H groups in total. The molecule has 0 saturated heterocycles. The molecule has 8 heteroatoms. The lowest BCUT2D eigenvalue weighted by atomic mass is 9.93. The van der Waals surface area contributed by atoms with E-state index in [2.05, 4.69) is 35.2 Å². The van der Waals surface area contributed by atoms with Crippen LogP contribution >= 0.6 is 0 Å². The molecule has 7 nitrogen and oxygen atoms in total. The SMILES string of the molecule is CC(Nc1ncnc2[nH]cnc12)c1ccc2cccnc2c1-c1cncc(F)c1. The van der Waals surface area contributed by atoms with Crippen LogP contribution in [-0.4, -0.2) is 29.9 Å². The smallest absolute Gasteiger partial charge is 0.162 e. The molecular formula is C21H16FN7. The molecule has 0 aliphatic rings. The lowest BCUT2D eigenvalue weighted by Gasteiger charge is -2.20. The number of H-pyrrole nitrogens is 1. The number of fused-ring (bicyclic) bond motifs is 2. The molecule has 1 atom stereocenters. The summed E-state index contributed by atoms with van der Waals surface area (Å²) in [5.41, 5.74) is 4.56. The summed E-state index contributed by atoms with van der Waals surface area (Å²) in [6.45, 7) is 2.01. The number of rotatable bonds is 4. The molecule has 142 valence electrons. The number of nitrogens with zero attached hydrogens (tertiary/aromatic N) is 5. The molecule has 0 aliphatic carbocycles. The van der Waals surface area contributed by atoms with E-state index in [1.165, 1.54) is 18.6 Å². The van der Waals surface area contributed by atoms with Crippen LogP contribution in [0.5, 0.6) is 0 Å². The Kier molecular flexibility index (Phi) is 4.09. The molecule has 0 radical (unpaired) electrons. The van der Waals surface area contributed by atoms with Crippen LogP contribution in [0.2, 0.25) is 0 Å². The minimum Gasteiger partial charge on any atom is -0.362 e. The van der Waals surface area contributed by atoms with E-state index in [0.717, 1.165) is 22.0 Å². The van der Waals surface area contributed by atoms with Crippen molar-refractivity contribution in [3.8, 4) is 11.1 Å². The lowest BCUT2D eigenvalue weighted by Crippen LogP contribution is -2.10. The monoisotopic (exact) mass is 385 g/mol. The van der Waals surface area contributed by atoms with E-state index in [1.54, 1.807) is 18.7 Å². The van der Waals surface area contributed by atoms with Crippen LogP contribution in [0.15, 0.2) is 61.6 Å². The Labute approximate surface area is 165 Å². The van der Waals surface area contributed by atoms with Crippen molar-refractivity contribution >= 4 is 27.9 Å². The normalized spacial score (nSPS) is 12.3. The van der Waals surface area contributed by atoms with Crippen molar-refractivity contribution < 1.29 is 4.39 Å². The van der Waals surface area contributed by atoms with Gasteiger partial charge in [-0.3, -0.25) is 9.97 Å². The Balaban J connectivity index is 1.66. The molecule has 0 amide bonds. The number of benzene rings is 1. The summed E-state index contributed by atoms with van der Waals surface area (Å²) < 4.78 is 13.9. The van der Waals surface area contributed by atoms with Gasteiger partial charge in [0.25, 0.3) is 0 Å². The molecule has 1 unspecified atom stereocenters. The average Bonchev–Trinajstić information content (AvgIpc) is 3.23. The van der Waals surface area contributed by atoms with Gasteiger partial charge in [-0.2, -0.15) is 0 Å². The summed E-state index contributed by atoms with van der Waals surface area (Å²) in [7, 11) is 0. The van der Waals surface area contributed by atoms with Crippen molar-refractivity contribution in [2.24, 2.45) is 0 Å². The Bertz CT molecular complexity index is 1330. The maximum Gasteiger partial charge on any atom is 0.162 e. The van der Waals surface area contributed by atoms with Gasteiger partial charge in [0.05, 0.1) is 24.1 Å². The van der Waals surface area contributed by atoms with Gasteiger partial charge in [0.15, 0.2) is 11.5 Å². The summed E-state index contributed by atoms with van der Waals surface area (Å²) in [5, 5.41) is 4.37. The average molecular weight is 385 g/mol. The topological polar surface area (TPSA) is 92.3 Å². The fraction of sp³-hybridized carbons (Fsp3) is 0.0952. The highest BCUT2D eigenvalue weighted by atomic mass is 19.1. The van der Waals surface area contributed by atoms with Crippen LogP contribution in [0.4, 0.5) is 10.2 Å². The molecule has 5 aromatic rings. The maximum atomic E-state index is 13.9. The standard InChI is InChI=1S/C21H16FN7/c1-12(29-21-19-20(26-10-25-19)27-11-28-21)16-5-4-13-3-2-6-24-18(13)17(16)14-7-15(22)9-23-8-14/h2-12H,1H3,(H2,25,26,27,28,29). The van der Waals surface area contributed by atoms with Crippen molar-refractivity contribution in [1.29, 1.82) is 0 Å². The number of hydrogen-bond acceptors (Lipinski definition) is 6. The number of nitrogens with one attached hydrogen (secondary N) is 2. The fourth-order valence-electron chi connectivity index (χ4n) is 3.53. The number of anilines is 1. The number of imidazole rings is 1. The highest BCUT2D eigenvalue weighted by Crippen LogP contribution is 2.35. The number of aromatic amines is 1. The first-order valence-electron chi connectivity index (χ1n) is 9.10. The number of hydrogen-bond donors (Lipinski definition) is 2. The van der Waals surface area contributed by atoms with Gasteiger partial charge < -0.3 is 10.3 Å². The van der Waals surface area contributed by atoms with Crippen LogP contribution < -0.4 is 5.32 Å². The number of halogens is 1. The number of pyridine rings is 2. The van der Waals surface area contributed by atoms with Gasteiger partial charge >= 0.3 is 0 Å². The van der Waals surface area contributed by atoms with Gasteiger partial charge in [-0.25, -0.2) is 19.3 Å². The molecule has 29 heavy (non-hydrogen) atoms. The van der Waals surface area contributed by atoms with E-state index in [0.29, 0.717) is 22.5 Å². The van der Waals surface area contributed by atoms with E-state index in [9.17, 15) is 4.39 Å². The van der Waals surface area contributed by atoms with Crippen molar-refractivity contribution in [2.75, 3.05) is 5.32 Å². The Morgan fingerprint density at radius 3 is 2.86 bits per heavy atom. The minimum absolute atomic E-state index is 0.158. The molecule has 0 bridgehead atoms. The molecular weight excluding hydrogens is 369 g/mol. The van der Waals surface area contributed by atoms with Gasteiger partial charge in [-0.15, -0.1) is 0 Å². The van der Waals surface area contributed by atoms with E-state index in [1.807, 2.05) is 31.2 Å². The van der Waals surface area contributed by atoms with Crippen LogP contribution in [0, 0.1) is 5.82 Å². The van der Waals surface area contributed by atoms with Crippen LogP contribution in [0.3, 0.4) is 0 Å². The predicted molar refractivity (Wildman–Crippen MR) is 109 cm³/mol. The van der Waals surface area contributed by atoms with Crippen molar-refractivity contribution in [2.45, 2.75) is 13.0 Å².